The summed E-state index contributed by atoms with van der Waals surface area (Å²) in [6, 6.07) is -0.245. The highest BCUT2D eigenvalue weighted by molar-refractivity contribution is 5.84. The number of esters is 1. The predicted octanol–water partition coefficient (Wildman–Crippen LogP) is -1.16. The van der Waals surface area contributed by atoms with Crippen LogP contribution in [-0.2, 0) is 14.3 Å². The molecule has 0 bridgehead atoms. The topological polar surface area (TPSA) is 72.4 Å². The maximum Gasteiger partial charge on any atom is 0.331 e. The van der Waals surface area contributed by atoms with Crippen molar-refractivity contribution in [3.8, 4) is 0 Å². The molecular formula is C7H10N2O3. The smallest absolute Gasteiger partial charge is 0.331 e. The zero-order valence-electron chi connectivity index (χ0n) is 6.69. The van der Waals surface area contributed by atoms with Crippen LogP contribution in [0.25, 0.3) is 0 Å². The fourth-order valence-corrected chi connectivity index (χ4v) is 0.795. The van der Waals surface area contributed by atoms with Gasteiger partial charge in [-0.15, -0.1) is 0 Å². The molecule has 5 nitrogen and oxygen atoms in total. The molecule has 0 aliphatic carbocycles. The summed E-state index contributed by atoms with van der Waals surface area (Å²) >= 11 is 0. The van der Waals surface area contributed by atoms with Crippen LogP contribution >= 0.6 is 0 Å². The molecule has 1 aliphatic rings. The zero-order chi connectivity index (χ0) is 9.14. The van der Waals surface area contributed by atoms with Gasteiger partial charge in [0.2, 0.25) is 5.91 Å². The van der Waals surface area contributed by atoms with Crippen LogP contribution in [0, 0.1) is 0 Å². The summed E-state index contributed by atoms with van der Waals surface area (Å²) in [6.45, 7) is 0.586. The van der Waals surface area contributed by atoms with Crippen molar-refractivity contribution in [1.82, 2.24) is 4.90 Å². The molecule has 1 fully saturated rings. The summed E-state index contributed by atoms with van der Waals surface area (Å²) in [5, 5.41) is 0. The second kappa shape index (κ2) is 3.25. The molecule has 1 aliphatic heterocycles. The van der Waals surface area contributed by atoms with Gasteiger partial charge >= 0.3 is 5.97 Å². The zero-order valence-corrected chi connectivity index (χ0v) is 6.69. The fourth-order valence-electron chi connectivity index (χ4n) is 0.795. The second-order valence-corrected chi connectivity index (χ2v) is 2.45. The van der Waals surface area contributed by atoms with Gasteiger partial charge in [0.15, 0.2) is 0 Å². The van der Waals surface area contributed by atoms with Gasteiger partial charge in [0.25, 0.3) is 0 Å². The van der Waals surface area contributed by atoms with Crippen molar-refractivity contribution in [2.75, 3.05) is 13.7 Å². The summed E-state index contributed by atoms with van der Waals surface area (Å²) in [4.78, 5) is 22.7. The maximum absolute atomic E-state index is 10.6. The molecule has 0 radical (unpaired) electrons. The lowest BCUT2D eigenvalue weighted by molar-refractivity contribution is -0.134. The summed E-state index contributed by atoms with van der Waals surface area (Å²) in [5.41, 5.74) is 5.00. The molecule has 2 N–H and O–H groups in total. The first kappa shape index (κ1) is 8.58. The van der Waals surface area contributed by atoms with Gasteiger partial charge in [-0.2, -0.15) is 0 Å². The summed E-state index contributed by atoms with van der Waals surface area (Å²) in [7, 11) is 1.29. The Morgan fingerprint density at radius 3 is 2.75 bits per heavy atom. The van der Waals surface area contributed by atoms with E-state index in [0.29, 0.717) is 6.54 Å². The quantitative estimate of drug-likeness (QED) is 0.329. The summed E-state index contributed by atoms with van der Waals surface area (Å²) < 4.78 is 4.36. The molecule has 1 rings (SSSR count). The standard InChI is InChI=1S/C7H10N2O3/c1-12-6(10)2-3-9-4-5(9)7(8)11/h2-3,5H,4H2,1H3,(H2,8,11)/b3-2-. The number of nitrogens with two attached hydrogens (primary N) is 1. The average Bonchev–Trinajstić information content (AvgIpc) is 2.79. The van der Waals surface area contributed by atoms with Crippen molar-refractivity contribution >= 4 is 11.9 Å². The van der Waals surface area contributed by atoms with Crippen molar-refractivity contribution in [3.05, 3.63) is 12.3 Å². The van der Waals surface area contributed by atoms with Crippen LogP contribution in [0.1, 0.15) is 0 Å². The number of methoxy groups -OCH3 is 1. The predicted molar refractivity (Wildman–Crippen MR) is 40.8 cm³/mol. The van der Waals surface area contributed by atoms with Crippen LogP contribution in [0.4, 0.5) is 0 Å². The van der Waals surface area contributed by atoms with Gasteiger partial charge in [-0.05, 0) is 0 Å². The van der Waals surface area contributed by atoms with Gasteiger partial charge in [-0.1, -0.05) is 0 Å². The van der Waals surface area contributed by atoms with E-state index >= 15 is 0 Å². The Labute approximate surface area is 69.8 Å². The van der Waals surface area contributed by atoms with E-state index in [4.69, 9.17) is 5.73 Å². The van der Waals surface area contributed by atoms with E-state index in [-0.39, 0.29) is 11.9 Å². The Hall–Kier alpha value is -1.52. The molecule has 66 valence electrons. The summed E-state index contributed by atoms with van der Waals surface area (Å²) in [5.74, 6) is -0.811. The number of nitrogens with zero attached hydrogens (tertiary/aromatic N) is 1. The highest BCUT2D eigenvalue weighted by atomic mass is 16.5. The highest BCUT2D eigenvalue weighted by Gasteiger charge is 2.36. The molecule has 1 atom stereocenters. The van der Waals surface area contributed by atoms with E-state index in [2.05, 4.69) is 4.74 Å². The van der Waals surface area contributed by atoms with Crippen LogP contribution < -0.4 is 5.73 Å². The van der Waals surface area contributed by atoms with E-state index in [1.54, 1.807) is 4.90 Å². The number of primary amides is 1. The van der Waals surface area contributed by atoms with Gasteiger partial charge in [-0.3, -0.25) is 4.79 Å². The largest absolute Gasteiger partial charge is 0.466 e. The lowest BCUT2D eigenvalue weighted by Gasteiger charge is -1.93. The molecule has 0 spiro atoms. The SMILES string of the molecule is COC(=O)/C=C\N1CC1C(N)=O. The molecule has 0 aromatic rings. The van der Waals surface area contributed by atoms with Gasteiger partial charge < -0.3 is 15.4 Å². The lowest BCUT2D eigenvalue weighted by Crippen LogP contribution is -2.20. The van der Waals surface area contributed by atoms with Gasteiger partial charge in [-0.25, -0.2) is 4.79 Å². The molecule has 1 amide bonds. The van der Waals surface area contributed by atoms with Crippen LogP contribution in [-0.4, -0.2) is 36.5 Å². The molecular weight excluding hydrogens is 160 g/mol. The Kier molecular flexibility index (Phi) is 2.32. The van der Waals surface area contributed by atoms with E-state index in [1.165, 1.54) is 19.4 Å². The first-order valence-corrected chi connectivity index (χ1v) is 3.46. The second-order valence-electron chi connectivity index (χ2n) is 2.45. The van der Waals surface area contributed by atoms with Crippen molar-refractivity contribution in [3.63, 3.8) is 0 Å². The number of ether oxygens (including phenoxy) is 1. The first-order chi connectivity index (χ1) is 5.65. The minimum atomic E-state index is -0.440. The van der Waals surface area contributed by atoms with Crippen molar-refractivity contribution < 1.29 is 14.3 Å². The molecule has 12 heavy (non-hydrogen) atoms. The van der Waals surface area contributed by atoms with Crippen molar-refractivity contribution in [1.29, 1.82) is 0 Å². The number of hydrogen-bond donors (Lipinski definition) is 1. The minimum Gasteiger partial charge on any atom is -0.466 e. The molecule has 0 aromatic carbocycles. The van der Waals surface area contributed by atoms with E-state index in [1.807, 2.05) is 0 Å². The third kappa shape index (κ3) is 1.98. The summed E-state index contributed by atoms with van der Waals surface area (Å²) in [6.07, 6.45) is 2.75. The maximum atomic E-state index is 10.6. The number of carbonyl (C=O) groups excluding carboxylic acids is 2. The molecule has 0 saturated carbocycles. The number of amides is 1. The van der Waals surface area contributed by atoms with Crippen molar-refractivity contribution in [2.24, 2.45) is 5.73 Å². The van der Waals surface area contributed by atoms with Crippen LogP contribution in [0.15, 0.2) is 12.3 Å². The van der Waals surface area contributed by atoms with Crippen LogP contribution in [0.5, 0.6) is 0 Å². The average molecular weight is 170 g/mol. The van der Waals surface area contributed by atoms with E-state index < -0.39 is 5.97 Å². The number of carbonyl (C=O) groups is 2. The van der Waals surface area contributed by atoms with Crippen LogP contribution in [0.2, 0.25) is 0 Å². The van der Waals surface area contributed by atoms with Crippen LogP contribution in [0.3, 0.4) is 0 Å². The molecule has 1 saturated heterocycles. The van der Waals surface area contributed by atoms with E-state index in [9.17, 15) is 9.59 Å². The number of hydrogen-bond acceptors (Lipinski definition) is 4. The van der Waals surface area contributed by atoms with Gasteiger partial charge in [0.05, 0.1) is 7.11 Å². The Morgan fingerprint density at radius 1 is 1.67 bits per heavy atom. The Morgan fingerprint density at radius 2 is 2.33 bits per heavy atom. The first-order valence-electron chi connectivity index (χ1n) is 3.46. The molecule has 0 aromatic heterocycles. The number of rotatable bonds is 3. The van der Waals surface area contributed by atoms with Crippen molar-refractivity contribution in [2.45, 2.75) is 6.04 Å². The monoisotopic (exact) mass is 170 g/mol. The van der Waals surface area contributed by atoms with Gasteiger partial charge in [0.1, 0.15) is 6.04 Å². The fraction of sp³-hybridized carbons (Fsp3) is 0.429. The Balaban J connectivity index is 2.31. The molecule has 5 heteroatoms. The van der Waals surface area contributed by atoms with E-state index in [0.717, 1.165) is 0 Å². The molecule has 1 heterocycles. The third-order valence-corrected chi connectivity index (χ3v) is 1.58. The lowest BCUT2D eigenvalue weighted by atomic mass is 10.5. The third-order valence-electron chi connectivity index (χ3n) is 1.58. The normalized spacial score (nSPS) is 21.1. The molecule has 1 unspecified atom stereocenters. The highest BCUT2D eigenvalue weighted by Crippen LogP contribution is 2.16. The minimum absolute atomic E-state index is 0.245. The van der Waals surface area contributed by atoms with Gasteiger partial charge in [0, 0.05) is 18.8 Å². The Bertz CT molecular complexity index is 237.